The number of rotatable bonds is 5. The van der Waals surface area contributed by atoms with Crippen molar-refractivity contribution in [1.29, 1.82) is 0 Å². The van der Waals surface area contributed by atoms with Gasteiger partial charge in [-0.1, -0.05) is 0 Å². The second kappa shape index (κ2) is 9.61. The number of anilines is 1. The van der Waals surface area contributed by atoms with Crippen LogP contribution in [0.3, 0.4) is 0 Å². The predicted octanol–water partition coefficient (Wildman–Crippen LogP) is 1.84. The maximum atomic E-state index is 12.7. The summed E-state index contributed by atoms with van der Waals surface area (Å²) in [7, 11) is 1.74. The van der Waals surface area contributed by atoms with Crippen LogP contribution in [0.15, 0.2) is 12.3 Å². The van der Waals surface area contributed by atoms with Crippen LogP contribution in [-0.4, -0.2) is 51.3 Å². The van der Waals surface area contributed by atoms with Crippen LogP contribution in [0.5, 0.6) is 0 Å². The molecule has 2 aromatic rings. The molecule has 0 aliphatic carbocycles. The van der Waals surface area contributed by atoms with Gasteiger partial charge in [0.1, 0.15) is 0 Å². The Balaban J connectivity index is 0.00000280. The molecule has 1 aliphatic heterocycles. The molecule has 1 aliphatic rings. The van der Waals surface area contributed by atoms with Crippen molar-refractivity contribution >= 4 is 30.2 Å². The molecule has 0 unspecified atom stereocenters. The summed E-state index contributed by atoms with van der Waals surface area (Å²) in [4.78, 5) is 33.2. The predicted molar refractivity (Wildman–Crippen MR) is 106 cm³/mol. The fourth-order valence-corrected chi connectivity index (χ4v) is 3.02. The van der Waals surface area contributed by atoms with Crippen LogP contribution in [0.1, 0.15) is 57.9 Å². The number of hydrogen-bond acceptors (Lipinski definition) is 7. The SMILES string of the molecule is CCOC(=O)c1cnc(C)c(C(=O)Nc2nc(C3CCNCC3)nn2C)c1.Cl. The maximum Gasteiger partial charge on any atom is 0.339 e. The minimum absolute atomic E-state index is 0. The molecule has 0 aromatic carbocycles. The average Bonchev–Trinajstić information content (AvgIpc) is 3.03. The third-order valence-corrected chi connectivity index (χ3v) is 4.55. The lowest BCUT2D eigenvalue weighted by molar-refractivity contribution is 0.0526. The largest absolute Gasteiger partial charge is 0.462 e. The maximum absolute atomic E-state index is 12.7. The lowest BCUT2D eigenvalue weighted by atomic mass is 9.98. The van der Waals surface area contributed by atoms with Crippen LogP contribution in [0.25, 0.3) is 0 Å². The molecule has 152 valence electrons. The molecule has 3 heterocycles. The highest BCUT2D eigenvalue weighted by molar-refractivity contribution is 6.05. The van der Waals surface area contributed by atoms with Crippen molar-refractivity contribution in [1.82, 2.24) is 25.1 Å². The Hall–Kier alpha value is -2.52. The second-order valence-electron chi connectivity index (χ2n) is 6.47. The van der Waals surface area contributed by atoms with E-state index >= 15 is 0 Å². The van der Waals surface area contributed by atoms with Gasteiger partial charge in [-0.15, -0.1) is 12.4 Å². The summed E-state index contributed by atoms with van der Waals surface area (Å²) in [5, 5.41) is 10.5. The van der Waals surface area contributed by atoms with Gasteiger partial charge in [-0.25, -0.2) is 9.48 Å². The van der Waals surface area contributed by atoms with E-state index in [1.165, 1.54) is 12.3 Å². The highest BCUT2D eigenvalue weighted by atomic mass is 35.5. The summed E-state index contributed by atoms with van der Waals surface area (Å²) < 4.78 is 6.53. The Kier molecular flexibility index (Phi) is 7.47. The summed E-state index contributed by atoms with van der Waals surface area (Å²) in [5.41, 5.74) is 1.05. The van der Waals surface area contributed by atoms with E-state index in [1.54, 1.807) is 25.6 Å². The number of aromatic nitrogens is 4. The van der Waals surface area contributed by atoms with Gasteiger partial charge in [0.2, 0.25) is 5.95 Å². The number of esters is 1. The number of ether oxygens (including phenoxy) is 1. The molecule has 1 fully saturated rings. The summed E-state index contributed by atoms with van der Waals surface area (Å²) in [5.74, 6) is 0.502. The Morgan fingerprint density at radius 2 is 2.07 bits per heavy atom. The van der Waals surface area contributed by atoms with E-state index in [0.717, 1.165) is 31.8 Å². The van der Waals surface area contributed by atoms with Crippen molar-refractivity contribution in [2.75, 3.05) is 25.0 Å². The fourth-order valence-electron chi connectivity index (χ4n) is 3.02. The van der Waals surface area contributed by atoms with Gasteiger partial charge in [0.05, 0.1) is 23.4 Å². The number of nitrogens with zero attached hydrogens (tertiary/aromatic N) is 4. The number of aryl methyl sites for hydroxylation is 2. The van der Waals surface area contributed by atoms with Gasteiger partial charge in [-0.05, 0) is 45.8 Å². The van der Waals surface area contributed by atoms with Gasteiger partial charge in [-0.3, -0.25) is 15.1 Å². The van der Waals surface area contributed by atoms with E-state index < -0.39 is 11.9 Å². The average molecular weight is 409 g/mol. The molecule has 2 N–H and O–H groups in total. The number of nitrogens with one attached hydrogen (secondary N) is 2. The minimum Gasteiger partial charge on any atom is -0.462 e. The third kappa shape index (κ3) is 4.85. The monoisotopic (exact) mass is 408 g/mol. The number of halogens is 1. The van der Waals surface area contributed by atoms with Gasteiger partial charge in [0, 0.05) is 19.2 Å². The van der Waals surface area contributed by atoms with Crippen LogP contribution in [0, 0.1) is 6.92 Å². The summed E-state index contributed by atoms with van der Waals surface area (Å²) in [6, 6.07) is 1.49. The summed E-state index contributed by atoms with van der Waals surface area (Å²) in [6.45, 7) is 5.57. The van der Waals surface area contributed by atoms with Gasteiger partial charge in [-0.2, -0.15) is 10.1 Å². The molecule has 9 nitrogen and oxygen atoms in total. The van der Waals surface area contributed by atoms with Crippen LogP contribution >= 0.6 is 12.4 Å². The van der Waals surface area contributed by atoms with E-state index in [2.05, 4.69) is 25.7 Å². The molecular formula is C18H25ClN6O3. The Morgan fingerprint density at radius 3 is 2.75 bits per heavy atom. The van der Waals surface area contributed by atoms with Crippen molar-refractivity contribution < 1.29 is 14.3 Å². The zero-order chi connectivity index (χ0) is 19.4. The molecule has 0 radical (unpaired) electrons. The van der Waals surface area contributed by atoms with E-state index in [-0.39, 0.29) is 24.6 Å². The van der Waals surface area contributed by atoms with Crippen molar-refractivity contribution in [2.24, 2.45) is 7.05 Å². The molecule has 3 rings (SSSR count). The van der Waals surface area contributed by atoms with E-state index in [1.807, 2.05) is 0 Å². The number of piperidine rings is 1. The molecule has 0 bridgehead atoms. The standard InChI is InChI=1S/C18H24N6O3.ClH/c1-4-27-17(26)13-9-14(11(2)20-10-13)16(25)22-18-21-15(23-24(18)3)12-5-7-19-8-6-12;/h9-10,12,19H,4-8H2,1-3H3,(H,21,22,23,25);1H. The second-order valence-corrected chi connectivity index (χ2v) is 6.47. The first-order valence-corrected chi connectivity index (χ1v) is 9.06. The zero-order valence-electron chi connectivity index (χ0n) is 16.2. The van der Waals surface area contributed by atoms with Crippen molar-refractivity contribution in [3.8, 4) is 0 Å². The third-order valence-electron chi connectivity index (χ3n) is 4.55. The quantitative estimate of drug-likeness (QED) is 0.726. The molecule has 0 saturated carbocycles. The molecule has 2 aromatic heterocycles. The van der Waals surface area contributed by atoms with Gasteiger partial charge >= 0.3 is 5.97 Å². The van der Waals surface area contributed by atoms with Crippen molar-refractivity contribution in [3.63, 3.8) is 0 Å². The molecule has 0 atom stereocenters. The fraction of sp³-hybridized carbons (Fsp3) is 0.500. The first-order valence-electron chi connectivity index (χ1n) is 9.06. The van der Waals surface area contributed by atoms with E-state index in [4.69, 9.17) is 4.74 Å². The van der Waals surface area contributed by atoms with Crippen molar-refractivity contribution in [3.05, 3.63) is 34.9 Å². The Labute approximate surface area is 169 Å². The molecule has 28 heavy (non-hydrogen) atoms. The van der Waals surface area contributed by atoms with Gasteiger partial charge in [0.15, 0.2) is 5.82 Å². The lowest BCUT2D eigenvalue weighted by Crippen LogP contribution is -2.27. The molecular weight excluding hydrogens is 384 g/mol. The first kappa shape index (κ1) is 21.8. The highest BCUT2D eigenvalue weighted by Crippen LogP contribution is 2.23. The van der Waals surface area contributed by atoms with E-state index in [0.29, 0.717) is 23.1 Å². The normalized spacial score (nSPS) is 14.2. The van der Waals surface area contributed by atoms with Crippen LogP contribution < -0.4 is 10.6 Å². The number of carbonyl (C=O) groups excluding carboxylic acids is 2. The summed E-state index contributed by atoms with van der Waals surface area (Å²) >= 11 is 0. The Bertz CT molecular complexity index is 848. The number of amides is 1. The molecule has 0 spiro atoms. The molecule has 1 saturated heterocycles. The molecule has 10 heteroatoms. The zero-order valence-corrected chi connectivity index (χ0v) is 17.0. The lowest BCUT2D eigenvalue weighted by Gasteiger charge is -2.19. The summed E-state index contributed by atoms with van der Waals surface area (Å²) in [6.07, 6.45) is 3.35. The van der Waals surface area contributed by atoms with Crippen LogP contribution in [-0.2, 0) is 11.8 Å². The van der Waals surface area contributed by atoms with Crippen molar-refractivity contribution in [2.45, 2.75) is 32.6 Å². The van der Waals surface area contributed by atoms with Gasteiger partial charge < -0.3 is 10.1 Å². The number of carbonyl (C=O) groups is 2. The van der Waals surface area contributed by atoms with E-state index in [9.17, 15) is 9.59 Å². The first-order chi connectivity index (χ1) is 13.0. The topological polar surface area (TPSA) is 111 Å². The van der Waals surface area contributed by atoms with Crippen LogP contribution in [0.4, 0.5) is 5.95 Å². The molecule has 1 amide bonds. The minimum atomic E-state index is -0.508. The highest BCUT2D eigenvalue weighted by Gasteiger charge is 2.22. The Morgan fingerprint density at radius 1 is 1.36 bits per heavy atom. The van der Waals surface area contributed by atoms with Crippen LogP contribution in [0.2, 0.25) is 0 Å². The van der Waals surface area contributed by atoms with Gasteiger partial charge in [0.25, 0.3) is 5.91 Å². The number of pyridine rings is 1. The smallest absolute Gasteiger partial charge is 0.339 e. The number of hydrogen-bond donors (Lipinski definition) is 2.